The Morgan fingerprint density at radius 2 is 2.23 bits per heavy atom. The fourth-order valence-corrected chi connectivity index (χ4v) is 5.10. The van der Waals surface area contributed by atoms with Crippen LogP contribution >= 0.6 is 11.3 Å². The average Bonchev–Trinajstić information content (AvgIpc) is 3.48. The van der Waals surface area contributed by atoms with Crippen molar-refractivity contribution in [2.24, 2.45) is 0 Å². The molecule has 2 aliphatic rings. The van der Waals surface area contributed by atoms with Crippen molar-refractivity contribution >= 4 is 17.2 Å². The Hall–Kier alpha value is -2.00. The minimum Gasteiger partial charge on any atom is -0.491 e. The van der Waals surface area contributed by atoms with Crippen LogP contribution in [0.25, 0.3) is 0 Å². The van der Waals surface area contributed by atoms with Gasteiger partial charge in [-0.3, -0.25) is 9.69 Å². The highest BCUT2D eigenvalue weighted by Gasteiger charge is 2.36. The number of aliphatic hydroxyl groups is 1. The lowest BCUT2D eigenvalue weighted by molar-refractivity contribution is -0.136. The fourth-order valence-electron chi connectivity index (χ4n) is 4.17. The van der Waals surface area contributed by atoms with E-state index in [1.54, 1.807) is 30.6 Å². The average molecular weight is 449 g/mol. The summed E-state index contributed by atoms with van der Waals surface area (Å²) in [5.41, 5.74) is 1.11. The van der Waals surface area contributed by atoms with Gasteiger partial charge in [0.1, 0.15) is 18.2 Å². The van der Waals surface area contributed by atoms with E-state index in [1.807, 2.05) is 10.3 Å². The predicted molar refractivity (Wildman–Crippen MR) is 117 cm³/mol. The van der Waals surface area contributed by atoms with Gasteiger partial charge in [0.15, 0.2) is 0 Å². The summed E-state index contributed by atoms with van der Waals surface area (Å²) in [5.74, 6) is 0.137. The van der Waals surface area contributed by atoms with Crippen LogP contribution < -0.4 is 4.74 Å². The number of aliphatic hydroxyl groups excluding tert-OH is 1. The van der Waals surface area contributed by atoms with E-state index in [2.05, 4.69) is 11.0 Å². The summed E-state index contributed by atoms with van der Waals surface area (Å²) in [4.78, 5) is 18.6. The van der Waals surface area contributed by atoms with E-state index in [4.69, 9.17) is 9.47 Å². The van der Waals surface area contributed by atoms with Crippen molar-refractivity contribution in [3.05, 3.63) is 52.0 Å². The van der Waals surface area contributed by atoms with Gasteiger partial charge in [0.2, 0.25) is 5.91 Å². The monoisotopic (exact) mass is 448 g/mol. The van der Waals surface area contributed by atoms with Gasteiger partial charge in [-0.25, -0.2) is 4.39 Å². The molecule has 0 bridgehead atoms. The molecule has 1 fully saturated rings. The van der Waals surface area contributed by atoms with Gasteiger partial charge in [0, 0.05) is 37.2 Å². The van der Waals surface area contributed by atoms with Crippen molar-refractivity contribution < 1.29 is 23.8 Å². The molecule has 1 amide bonds. The number of ether oxygens (including phenoxy) is 2. The number of benzene rings is 1. The van der Waals surface area contributed by atoms with Gasteiger partial charge in [-0.1, -0.05) is 6.07 Å². The number of carbonyl (C=O) groups is 1. The van der Waals surface area contributed by atoms with Crippen molar-refractivity contribution in [3.8, 4) is 5.75 Å². The van der Waals surface area contributed by atoms with Crippen LogP contribution in [0, 0.1) is 5.82 Å². The number of amides is 1. The van der Waals surface area contributed by atoms with E-state index in [1.165, 1.54) is 17.0 Å². The number of thiophene rings is 1. The zero-order chi connectivity index (χ0) is 21.8. The molecule has 1 aromatic carbocycles. The zero-order valence-electron chi connectivity index (χ0n) is 17.7. The minimum absolute atomic E-state index is 0.0289. The third-order valence-corrected chi connectivity index (χ3v) is 6.82. The van der Waals surface area contributed by atoms with E-state index >= 15 is 0 Å². The molecule has 1 N–H and O–H groups in total. The summed E-state index contributed by atoms with van der Waals surface area (Å²) in [6, 6.07) is 8.26. The highest BCUT2D eigenvalue weighted by atomic mass is 32.1. The first kappa shape index (κ1) is 22.2. The number of halogens is 1. The van der Waals surface area contributed by atoms with E-state index in [0.29, 0.717) is 24.9 Å². The van der Waals surface area contributed by atoms with Crippen LogP contribution in [0.15, 0.2) is 35.7 Å². The Morgan fingerprint density at radius 3 is 2.97 bits per heavy atom. The third kappa shape index (κ3) is 5.63. The Labute approximate surface area is 186 Å². The van der Waals surface area contributed by atoms with Crippen LogP contribution in [-0.4, -0.2) is 72.9 Å². The summed E-state index contributed by atoms with van der Waals surface area (Å²) in [6.45, 7) is 1.84. The summed E-state index contributed by atoms with van der Waals surface area (Å²) in [6.07, 6.45) is 2.31. The molecule has 1 aliphatic carbocycles. The Balaban J connectivity index is 1.46. The first-order chi connectivity index (χ1) is 15.0. The molecule has 0 saturated heterocycles. The van der Waals surface area contributed by atoms with Crippen molar-refractivity contribution in [1.82, 2.24) is 9.80 Å². The second kappa shape index (κ2) is 10.1. The third-order valence-electron chi connectivity index (χ3n) is 5.83. The van der Waals surface area contributed by atoms with Crippen LogP contribution in [-0.2, 0) is 16.0 Å². The fraction of sp³-hybridized carbons (Fsp3) is 0.522. The Morgan fingerprint density at radius 1 is 1.39 bits per heavy atom. The Bertz CT molecular complexity index is 888. The van der Waals surface area contributed by atoms with Crippen LogP contribution in [0.2, 0.25) is 0 Å². The molecule has 2 heterocycles. The van der Waals surface area contributed by atoms with Gasteiger partial charge in [-0.15, -0.1) is 11.3 Å². The summed E-state index contributed by atoms with van der Waals surface area (Å²) in [7, 11) is 1.56. The first-order valence-corrected chi connectivity index (χ1v) is 11.6. The quantitative estimate of drug-likeness (QED) is 0.606. The normalized spacial score (nSPS) is 19.4. The van der Waals surface area contributed by atoms with Gasteiger partial charge < -0.3 is 19.5 Å². The summed E-state index contributed by atoms with van der Waals surface area (Å²) >= 11 is 1.70. The molecule has 1 aliphatic heterocycles. The molecule has 168 valence electrons. The topological polar surface area (TPSA) is 62.2 Å². The van der Waals surface area contributed by atoms with Crippen molar-refractivity contribution in [1.29, 1.82) is 0 Å². The first-order valence-electron chi connectivity index (χ1n) is 10.7. The van der Waals surface area contributed by atoms with Crippen LogP contribution in [0.4, 0.5) is 4.39 Å². The van der Waals surface area contributed by atoms with Gasteiger partial charge in [0.25, 0.3) is 0 Å². The number of hydrogen-bond donors (Lipinski definition) is 1. The molecule has 1 aromatic heterocycles. The number of rotatable bonds is 10. The molecule has 2 aromatic rings. The van der Waals surface area contributed by atoms with Gasteiger partial charge in [0.05, 0.1) is 25.3 Å². The number of methoxy groups -OCH3 is 1. The minimum atomic E-state index is -0.615. The predicted octanol–water partition coefficient (Wildman–Crippen LogP) is 2.86. The lowest BCUT2D eigenvalue weighted by Crippen LogP contribution is -2.48. The molecule has 6 nitrogen and oxygen atoms in total. The van der Waals surface area contributed by atoms with E-state index in [9.17, 15) is 14.3 Å². The number of carbonyl (C=O) groups excluding carboxylic acids is 1. The van der Waals surface area contributed by atoms with Crippen molar-refractivity contribution in [2.45, 2.75) is 37.5 Å². The molecule has 0 spiro atoms. The molecule has 4 rings (SSSR count). The molecule has 0 radical (unpaired) electrons. The highest BCUT2D eigenvalue weighted by molar-refractivity contribution is 7.10. The zero-order valence-corrected chi connectivity index (χ0v) is 18.5. The molecular weight excluding hydrogens is 419 g/mol. The lowest BCUT2D eigenvalue weighted by atomic mass is 10.0. The summed E-state index contributed by atoms with van der Waals surface area (Å²) in [5, 5.41) is 12.2. The second-order valence-corrected chi connectivity index (χ2v) is 9.19. The molecule has 1 saturated carbocycles. The number of nitrogens with zero attached hydrogens (tertiary/aromatic N) is 2. The molecule has 0 unspecified atom stereocenters. The molecule has 31 heavy (non-hydrogen) atoms. The SMILES string of the molecule is COC[C@H](O)CN(CC(=O)N1CCc2sccc2[C@H]1COc1cccc(F)c1)C1CC1. The lowest BCUT2D eigenvalue weighted by Gasteiger charge is -2.37. The molecule has 2 atom stereocenters. The largest absolute Gasteiger partial charge is 0.491 e. The van der Waals surface area contributed by atoms with E-state index in [-0.39, 0.29) is 37.5 Å². The maximum atomic E-state index is 13.5. The summed E-state index contributed by atoms with van der Waals surface area (Å²) < 4.78 is 24.5. The Kier molecular flexibility index (Phi) is 7.22. The maximum Gasteiger partial charge on any atom is 0.237 e. The smallest absolute Gasteiger partial charge is 0.237 e. The number of hydrogen-bond acceptors (Lipinski definition) is 6. The van der Waals surface area contributed by atoms with Gasteiger partial charge >= 0.3 is 0 Å². The van der Waals surface area contributed by atoms with Crippen LogP contribution in [0.3, 0.4) is 0 Å². The number of fused-ring (bicyclic) bond motifs is 1. The van der Waals surface area contributed by atoms with Crippen LogP contribution in [0.1, 0.15) is 29.3 Å². The highest BCUT2D eigenvalue weighted by Crippen LogP contribution is 2.34. The van der Waals surface area contributed by atoms with Gasteiger partial charge in [-0.05, 0) is 48.4 Å². The standard InChI is InChI=1S/C23H29FN2O4S/c1-29-14-18(27)12-25(17-5-6-17)13-23(28)26-9-7-22-20(8-10-31-22)21(26)15-30-19-4-2-3-16(24)11-19/h2-4,8,10-11,17-18,21,27H,5-7,9,12-15H2,1H3/t18-,21-/m1/s1. The molecular formula is C23H29FN2O4S. The van der Waals surface area contributed by atoms with Gasteiger partial charge in [-0.2, -0.15) is 0 Å². The van der Waals surface area contributed by atoms with Crippen molar-refractivity contribution in [3.63, 3.8) is 0 Å². The second-order valence-electron chi connectivity index (χ2n) is 8.19. The maximum absolute atomic E-state index is 13.5. The van der Waals surface area contributed by atoms with Crippen molar-refractivity contribution in [2.75, 3.05) is 40.0 Å². The van der Waals surface area contributed by atoms with E-state index in [0.717, 1.165) is 24.8 Å². The van der Waals surface area contributed by atoms with Crippen LogP contribution in [0.5, 0.6) is 5.75 Å². The van der Waals surface area contributed by atoms with E-state index < -0.39 is 6.10 Å². The molecule has 8 heteroatoms.